The number of carbonyl (C=O) groups excluding carboxylic acids is 1. The van der Waals surface area contributed by atoms with Crippen molar-refractivity contribution in [2.75, 3.05) is 42.1 Å². The van der Waals surface area contributed by atoms with Gasteiger partial charge in [-0.05, 0) is 79.8 Å². The van der Waals surface area contributed by atoms with Crippen molar-refractivity contribution in [2.24, 2.45) is 0 Å². The lowest BCUT2D eigenvalue weighted by molar-refractivity contribution is 0.0830. The van der Waals surface area contributed by atoms with Gasteiger partial charge in [0.15, 0.2) is 0 Å². The van der Waals surface area contributed by atoms with Crippen LogP contribution in [-0.2, 0) is 13.0 Å². The summed E-state index contributed by atoms with van der Waals surface area (Å²) in [5.74, 6) is 0.686. The van der Waals surface area contributed by atoms with E-state index in [-0.39, 0.29) is 12.5 Å². The summed E-state index contributed by atoms with van der Waals surface area (Å²) in [5.41, 5.74) is 3.52. The van der Waals surface area contributed by atoms with E-state index in [1.807, 2.05) is 55.5 Å². The molecule has 1 fully saturated rings. The predicted octanol–water partition coefficient (Wildman–Crippen LogP) is 5.54. The number of nitrogens with zero attached hydrogens (tertiary/aromatic N) is 1. The normalized spacial score (nSPS) is 16.8. The van der Waals surface area contributed by atoms with Gasteiger partial charge >= 0.3 is 0 Å². The van der Waals surface area contributed by atoms with Crippen LogP contribution in [0.25, 0.3) is 0 Å². The second-order valence-corrected chi connectivity index (χ2v) is 13.0. The molecular formula is C31H41ClN4O5S. The summed E-state index contributed by atoms with van der Waals surface area (Å²) >= 11 is 6.22. The maximum atomic E-state index is 13.7. The molecule has 0 unspecified atom stereocenters. The van der Waals surface area contributed by atoms with Crippen LogP contribution < -0.4 is 25.0 Å². The molecule has 4 rings (SSSR count). The molecule has 1 heterocycles. The van der Waals surface area contributed by atoms with Gasteiger partial charge in [-0.3, -0.25) is 18.2 Å². The van der Waals surface area contributed by atoms with Gasteiger partial charge in [-0.25, -0.2) is 0 Å². The molecule has 1 aliphatic heterocycles. The zero-order chi connectivity index (χ0) is 30.1. The number of anilines is 2. The quantitative estimate of drug-likeness (QED) is 0.148. The third kappa shape index (κ3) is 8.76. The van der Waals surface area contributed by atoms with Crippen molar-refractivity contribution >= 4 is 39.7 Å². The highest BCUT2D eigenvalue weighted by Gasteiger charge is 2.28. The number of methoxy groups -OCH3 is 1. The van der Waals surface area contributed by atoms with Crippen LogP contribution in [0.2, 0.25) is 5.02 Å². The van der Waals surface area contributed by atoms with Gasteiger partial charge in [0.25, 0.3) is 5.91 Å². The Kier molecular flexibility index (Phi) is 11.4. The fraction of sp³-hybridized carbons (Fsp3) is 0.387. The fourth-order valence-electron chi connectivity index (χ4n) is 5.04. The monoisotopic (exact) mass is 616 g/mol. The van der Waals surface area contributed by atoms with Gasteiger partial charge in [-0.2, -0.15) is 0 Å². The first-order valence-electron chi connectivity index (χ1n) is 14.2. The van der Waals surface area contributed by atoms with Crippen LogP contribution in [-0.4, -0.2) is 64.8 Å². The first-order chi connectivity index (χ1) is 20.2. The van der Waals surface area contributed by atoms with Crippen molar-refractivity contribution in [3.63, 3.8) is 0 Å². The summed E-state index contributed by atoms with van der Waals surface area (Å²) in [6.07, 6.45) is 1.03. The van der Waals surface area contributed by atoms with Crippen molar-refractivity contribution in [2.45, 2.75) is 44.9 Å². The summed E-state index contributed by atoms with van der Waals surface area (Å²) in [6, 6.07) is 19.7. The number of amides is 1. The van der Waals surface area contributed by atoms with E-state index in [1.165, 1.54) is 0 Å². The first kappa shape index (κ1) is 31.9. The smallest absolute Gasteiger partial charge is 0.251 e. The highest BCUT2D eigenvalue weighted by molar-refractivity contribution is 8.25. The van der Waals surface area contributed by atoms with E-state index in [9.17, 15) is 19.0 Å². The van der Waals surface area contributed by atoms with Crippen molar-refractivity contribution in [1.29, 1.82) is 0 Å². The lowest BCUT2D eigenvalue weighted by Gasteiger charge is -2.47. The van der Waals surface area contributed by atoms with Gasteiger partial charge in [0, 0.05) is 42.5 Å². The van der Waals surface area contributed by atoms with Gasteiger partial charge in [0.05, 0.1) is 30.7 Å². The Morgan fingerprint density at radius 3 is 2.60 bits per heavy atom. The zero-order valence-corrected chi connectivity index (χ0v) is 25.6. The molecule has 6 N–H and O–H groups in total. The highest BCUT2D eigenvalue weighted by Crippen LogP contribution is 2.50. The molecule has 1 amide bonds. The number of hydrogen-bond acceptors (Lipinski definition) is 8. The summed E-state index contributed by atoms with van der Waals surface area (Å²) in [4.78, 5) is 13.7. The number of rotatable bonds is 13. The van der Waals surface area contributed by atoms with Crippen LogP contribution in [0.5, 0.6) is 5.75 Å². The third-order valence-electron chi connectivity index (χ3n) is 7.17. The number of ether oxygens (including phenoxy) is 1. The average molecular weight is 617 g/mol. The molecule has 3 aromatic rings. The fourth-order valence-corrected chi connectivity index (χ4v) is 6.93. The number of aliphatic hydroxyl groups is 1. The summed E-state index contributed by atoms with van der Waals surface area (Å²) < 4.78 is 28.3. The first-order valence-corrected chi connectivity index (χ1v) is 16.2. The van der Waals surface area contributed by atoms with Crippen LogP contribution in [0.4, 0.5) is 11.4 Å². The molecule has 1 aliphatic rings. The van der Waals surface area contributed by atoms with Gasteiger partial charge < -0.3 is 25.8 Å². The maximum absolute atomic E-state index is 13.7. The molecule has 0 saturated carbocycles. The summed E-state index contributed by atoms with van der Waals surface area (Å²) in [5, 5.41) is 21.4. The lowest BCUT2D eigenvalue weighted by Crippen LogP contribution is -2.48. The van der Waals surface area contributed by atoms with E-state index in [0.717, 1.165) is 29.7 Å². The molecule has 0 radical (unpaired) electrons. The van der Waals surface area contributed by atoms with Crippen molar-refractivity contribution in [1.82, 2.24) is 10.6 Å². The molecule has 228 valence electrons. The van der Waals surface area contributed by atoms with Crippen LogP contribution in [0, 0.1) is 0 Å². The second kappa shape index (κ2) is 15.0. The number of hydrogen-bond donors (Lipinski definition) is 6. The summed E-state index contributed by atoms with van der Waals surface area (Å²) in [7, 11) is -1.35. The molecule has 1 saturated heterocycles. The summed E-state index contributed by atoms with van der Waals surface area (Å²) in [6.45, 7) is 3.84. The lowest BCUT2D eigenvalue weighted by atomic mass is 10.00. The Morgan fingerprint density at radius 1 is 1.07 bits per heavy atom. The van der Waals surface area contributed by atoms with E-state index in [1.54, 1.807) is 29.6 Å². The molecule has 0 aromatic heterocycles. The number of carbonyl (C=O) groups is 1. The minimum absolute atomic E-state index is 0.236. The van der Waals surface area contributed by atoms with Gasteiger partial charge in [0.1, 0.15) is 5.75 Å². The average Bonchev–Trinajstić information content (AvgIpc) is 2.96. The van der Waals surface area contributed by atoms with Gasteiger partial charge in [-0.15, -0.1) is 10.8 Å². The van der Waals surface area contributed by atoms with E-state index in [4.69, 9.17) is 16.3 Å². The maximum Gasteiger partial charge on any atom is 0.251 e. The minimum Gasteiger partial charge on any atom is -0.497 e. The van der Waals surface area contributed by atoms with Gasteiger partial charge in [-0.1, -0.05) is 35.9 Å². The largest absolute Gasteiger partial charge is 0.497 e. The number of halogens is 1. The van der Waals surface area contributed by atoms with Crippen LogP contribution >= 0.6 is 22.4 Å². The van der Waals surface area contributed by atoms with Crippen molar-refractivity contribution < 1.29 is 23.7 Å². The second-order valence-electron chi connectivity index (χ2n) is 10.4. The zero-order valence-electron chi connectivity index (χ0n) is 24.1. The number of aliphatic hydroxyl groups excluding tert-OH is 1. The Morgan fingerprint density at radius 2 is 1.86 bits per heavy atom. The molecule has 11 heteroatoms. The minimum atomic E-state index is -2.96. The number of benzene rings is 3. The molecule has 0 aliphatic carbocycles. The molecule has 2 atom stereocenters. The Balaban J connectivity index is 1.54. The third-order valence-corrected chi connectivity index (χ3v) is 9.34. The SMILES string of the molecule is CCNc1cc(C(=O)N[C@@H](Cc2cccc(Cl)c2)[C@@H](O)CNCc2cccc(OC)c2)cc(N2CCCCS2(O)O)c1. The van der Waals surface area contributed by atoms with Crippen molar-refractivity contribution in [3.8, 4) is 5.75 Å². The number of nitrogens with one attached hydrogen (secondary N) is 3. The van der Waals surface area contributed by atoms with Crippen LogP contribution in [0.15, 0.2) is 66.7 Å². The predicted molar refractivity (Wildman–Crippen MR) is 172 cm³/mol. The van der Waals surface area contributed by atoms with E-state index >= 15 is 0 Å². The van der Waals surface area contributed by atoms with E-state index in [0.29, 0.717) is 53.8 Å². The molecule has 9 nitrogen and oxygen atoms in total. The molecule has 0 bridgehead atoms. The molecular weight excluding hydrogens is 576 g/mol. The van der Waals surface area contributed by atoms with E-state index in [2.05, 4.69) is 16.0 Å². The Bertz CT molecular complexity index is 1340. The van der Waals surface area contributed by atoms with E-state index < -0.39 is 22.9 Å². The highest BCUT2D eigenvalue weighted by atomic mass is 35.5. The van der Waals surface area contributed by atoms with Gasteiger partial charge in [0.2, 0.25) is 0 Å². The Hall–Kier alpha value is -2.99. The standard InChI is InChI=1S/C31H41ClN4O5S/c1-3-34-26-17-24(18-27(19-26)36-12-4-5-13-42(36,39)40)31(38)35-29(16-22-8-6-10-25(32)14-22)30(37)21-33-20-23-9-7-11-28(15-23)41-2/h6-11,14-15,17-19,29-30,33-34,37,39-40H,3-5,12-13,16,20-21H2,1-2H3,(H,35,38)/t29-,30-/m0/s1. The molecule has 3 aromatic carbocycles. The van der Waals surface area contributed by atoms with Crippen LogP contribution in [0.1, 0.15) is 41.3 Å². The van der Waals surface area contributed by atoms with Crippen LogP contribution in [0.3, 0.4) is 0 Å². The Labute approximate surface area is 254 Å². The molecule has 0 spiro atoms. The molecule has 42 heavy (non-hydrogen) atoms. The van der Waals surface area contributed by atoms with Crippen molar-refractivity contribution in [3.05, 3.63) is 88.4 Å². The topological polar surface area (TPSA) is 126 Å².